The molecule has 4 aromatic carbocycles. The second-order valence-electron chi connectivity index (χ2n) is 8.48. The van der Waals surface area contributed by atoms with Crippen molar-refractivity contribution in [1.82, 2.24) is 0 Å². The molecule has 0 saturated carbocycles. The van der Waals surface area contributed by atoms with E-state index < -0.39 is 10.0 Å². The van der Waals surface area contributed by atoms with Crippen molar-refractivity contribution in [2.75, 3.05) is 15.9 Å². The summed E-state index contributed by atoms with van der Waals surface area (Å²) >= 11 is 3.44. The molecule has 0 fully saturated rings. The average Bonchev–Trinajstić information content (AvgIpc) is 3.24. The summed E-state index contributed by atoms with van der Waals surface area (Å²) in [6.45, 7) is 0.165. The number of nitrogens with one attached hydrogen (secondary N) is 1. The average molecular weight is 535 g/mol. The normalized spacial score (nSPS) is 12.6. The van der Waals surface area contributed by atoms with E-state index in [0.29, 0.717) is 15.7 Å². The first kappa shape index (κ1) is 22.6. The lowest BCUT2D eigenvalue weighted by atomic mass is 10.0. The minimum Gasteiger partial charge on any atom is -0.321 e. The molecular weight excluding hydrogens is 512 g/mol. The summed E-state index contributed by atoms with van der Waals surface area (Å²) < 4.78 is 27.0. The van der Waals surface area contributed by atoms with Crippen molar-refractivity contribution in [3.05, 3.63) is 106 Å². The van der Waals surface area contributed by atoms with Crippen LogP contribution in [-0.4, -0.2) is 20.6 Å². The summed E-state index contributed by atoms with van der Waals surface area (Å²) in [4.78, 5) is 13.0. The van der Waals surface area contributed by atoms with Crippen LogP contribution in [0.4, 0.5) is 11.4 Å². The number of hydrogen-bond acceptors (Lipinski definition) is 3. The van der Waals surface area contributed by atoms with Gasteiger partial charge in [-0.25, -0.2) is 8.42 Å². The minimum atomic E-state index is -3.50. The number of hydrogen-bond donors (Lipinski definition) is 1. The standard InChI is InChI=1S/C27H23BrN2O3S/c1-34(32,33)30(25-8-3-2-7-23(25)28)17-18-9-11-21(12-10-18)27(31)29-24-16-15-20-14-13-19-5-4-6-22(24)26(19)20/h2-12,15-16H,13-14,17H2,1H3,(H,29,31). The molecular formula is C27H23BrN2O3S. The van der Waals surface area contributed by atoms with Crippen molar-refractivity contribution in [1.29, 1.82) is 0 Å². The maximum absolute atomic E-state index is 13.0. The summed E-state index contributed by atoms with van der Waals surface area (Å²) in [6.07, 6.45) is 3.26. The van der Waals surface area contributed by atoms with Gasteiger partial charge in [0.15, 0.2) is 0 Å². The lowest BCUT2D eigenvalue weighted by molar-refractivity contribution is 0.102. The van der Waals surface area contributed by atoms with Crippen LogP contribution < -0.4 is 9.62 Å². The first-order valence-corrected chi connectivity index (χ1v) is 13.6. The van der Waals surface area contributed by atoms with Gasteiger partial charge in [-0.15, -0.1) is 0 Å². The number of sulfonamides is 1. The number of rotatable bonds is 6. The van der Waals surface area contributed by atoms with Crippen molar-refractivity contribution in [2.45, 2.75) is 19.4 Å². The van der Waals surface area contributed by atoms with E-state index in [9.17, 15) is 13.2 Å². The molecule has 0 unspecified atom stereocenters. The molecule has 172 valence electrons. The Kier molecular flexibility index (Phi) is 5.91. The van der Waals surface area contributed by atoms with E-state index in [0.717, 1.165) is 29.5 Å². The SMILES string of the molecule is CS(=O)(=O)N(Cc1ccc(C(=O)Nc2ccc3c4c(cccc24)CC3)cc1)c1ccccc1Br. The maximum Gasteiger partial charge on any atom is 0.255 e. The zero-order chi connectivity index (χ0) is 23.9. The molecule has 0 bridgehead atoms. The molecule has 0 heterocycles. The lowest BCUT2D eigenvalue weighted by Gasteiger charge is -2.23. The van der Waals surface area contributed by atoms with Gasteiger partial charge in [0.05, 0.1) is 18.5 Å². The monoisotopic (exact) mass is 534 g/mol. The van der Waals surface area contributed by atoms with Crippen molar-refractivity contribution >= 4 is 54.0 Å². The summed E-state index contributed by atoms with van der Waals surface area (Å²) in [5.41, 5.74) is 5.32. The van der Waals surface area contributed by atoms with E-state index in [1.807, 2.05) is 24.3 Å². The number of para-hydroxylation sites is 1. The Morgan fingerprint density at radius 1 is 0.912 bits per heavy atom. The van der Waals surface area contributed by atoms with Crippen LogP contribution in [0.1, 0.15) is 27.0 Å². The van der Waals surface area contributed by atoms with Crippen LogP contribution in [-0.2, 0) is 29.4 Å². The topological polar surface area (TPSA) is 66.5 Å². The van der Waals surface area contributed by atoms with E-state index in [1.165, 1.54) is 27.1 Å². The highest BCUT2D eigenvalue weighted by Crippen LogP contribution is 2.35. The van der Waals surface area contributed by atoms with E-state index in [1.54, 1.807) is 42.5 Å². The van der Waals surface area contributed by atoms with Gasteiger partial charge >= 0.3 is 0 Å². The Morgan fingerprint density at radius 3 is 2.32 bits per heavy atom. The van der Waals surface area contributed by atoms with Crippen LogP contribution in [0.5, 0.6) is 0 Å². The van der Waals surface area contributed by atoms with E-state index in [2.05, 4.69) is 33.4 Å². The fraction of sp³-hybridized carbons (Fsp3) is 0.148. The predicted molar refractivity (Wildman–Crippen MR) is 141 cm³/mol. The number of anilines is 2. The third-order valence-corrected chi connectivity index (χ3v) is 7.99. The van der Waals surface area contributed by atoms with Crippen LogP contribution in [0.15, 0.2) is 83.3 Å². The van der Waals surface area contributed by atoms with Gasteiger partial charge in [0.1, 0.15) is 0 Å². The van der Waals surface area contributed by atoms with E-state index in [-0.39, 0.29) is 12.5 Å². The van der Waals surface area contributed by atoms with Gasteiger partial charge in [-0.3, -0.25) is 9.10 Å². The second kappa shape index (κ2) is 8.89. The molecule has 1 N–H and O–H groups in total. The molecule has 1 aliphatic carbocycles. The van der Waals surface area contributed by atoms with Crippen LogP contribution in [0, 0.1) is 0 Å². The van der Waals surface area contributed by atoms with Crippen LogP contribution in [0.2, 0.25) is 0 Å². The second-order valence-corrected chi connectivity index (χ2v) is 11.2. The van der Waals surface area contributed by atoms with Gasteiger partial charge in [-0.05, 0) is 81.2 Å². The summed E-state index contributed by atoms with van der Waals surface area (Å²) in [6, 6.07) is 24.5. The van der Waals surface area contributed by atoms with Gasteiger partial charge in [0.25, 0.3) is 5.91 Å². The van der Waals surface area contributed by atoms with Crippen molar-refractivity contribution < 1.29 is 13.2 Å². The number of amides is 1. The first-order valence-electron chi connectivity index (χ1n) is 11.0. The molecule has 1 aliphatic rings. The smallest absolute Gasteiger partial charge is 0.255 e. The molecule has 5 nitrogen and oxygen atoms in total. The molecule has 34 heavy (non-hydrogen) atoms. The largest absolute Gasteiger partial charge is 0.321 e. The number of aryl methyl sites for hydroxylation is 2. The maximum atomic E-state index is 13.0. The highest BCUT2D eigenvalue weighted by Gasteiger charge is 2.21. The highest BCUT2D eigenvalue weighted by molar-refractivity contribution is 9.10. The highest BCUT2D eigenvalue weighted by atomic mass is 79.9. The third kappa shape index (κ3) is 4.33. The fourth-order valence-electron chi connectivity index (χ4n) is 4.51. The Balaban J connectivity index is 1.37. The number of benzene rings is 4. The van der Waals surface area contributed by atoms with Crippen molar-refractivity contribution in [3.63, 3.8) is 0 Å². The zero-order valence-electron chi connectivity index (χ0n) is 18.6. The molecule has 0 radical (unpaired) electrons. The predicted octanol–water partition coefficient (Wildman–Crippen LogP) is 5.92. The summed E-state index contributed by atoms with van der Waals surface area (Å²) in [5, 5.41) is 5.37. The van der Waals surface area contributed by atoms with Gasteiger partial charge < -0.3 is 5.32 Å². The molecule has 1 amide bonds. The fourth-order valence-corrected chi connectivity index (χ4v) is 6.03. The minimum absolute atomic E-state index is 0.165. The molecule has 0 atom stereocenters. The van der Waals surface area contributed by atoms with Gasteiger partial charge in [0, 0.05) is 21.1 Å². The number of carbonyl (C=O) groups is 1. The molecule has 7 heteroatoms. The number of halogens is 1. The summed E-state index contributed by atoms with van der Waals surface area (Å²) in [5.74, 6) is -0.198. The van der Waals surface area contributed by atoms with Crippen LogP contribution in [0.25, 0.3) is 10.8 Å². The van der Waals surface area contributed by atoms with Gasteiger partial charge in [-0.1, -0.05) is 48.5 Å². The molecule has 0 aromatic heterocycles. The third-order valence-electron chi connectivity index (χ3n) is 6.19. The van der Waals surface area contributed by atoms with Crippen LogP contribution >= 0.6 is 15.9 Å². The van der Waals surface area contributed by atoms with Gasteiger partial charge in [-0.2, -0.15) is 0 Å². The van der Waals surface area contributed by atoms with E-state index >= 15 is 0 Å². The van der Waals surface area contributed by atoms with Crippen molar-refractivity contribution in [2.24, 2.45) is 0 Å². The lowest BCUT2D eigenvalue weighted by Crippen LogP contribution is -2.29. The molecule has 5 rings (SSSR count). The van der Waals surface area contributed by atoms with Crippen LogP contribution in [0.3, 0.4) is 0 Å². The molecule has 0 spiro atoms. The Bertz CT molecular complexity index is 1500. The number of carbonyl (C=O) groups excluding carboxylic acids is 1. The Hall–Kier alpha value is -3.16. The quantitative estimate of drug-likeness (QED) is 0.334. The van der Waals surface area contributed by atoms with Crippen molar-refractivity contribution in [3.8, 4) is 0 Å². The molecule has 0 aliphatic heterocycles. The molecule has 4 aromatic rings. The summed E-state index contributed by atoms with van der Waals surface area (Å²) in [7, 11) is -3.50. The Morgan fingerprint density at radius 2 is 1.62 bits per heavy atom. The number of nitrogens with zero attached hydrogens (tertiary/aromatic N) is 1. The van der Waals surface area contributed by atoms with E-state index in [4.69, 9.17) is 0 Å². The zero-order valence-corrected chi connectivity index (χ0v) is 21.0. The Labute approximate surface area is 207 Å². The van der Waals surface area contributed by atoms with Gasteiger partial charge in [0.2, 0.25) is 10.0 Å². The first-order chi connectivity index (χ1) is 16.3. The molecule has 0 saturated heterocycles.